The summed E-state index contributed by atoms with van der Waals surface area (Å²) in [5.41, 5.74) is 0.496. The number of benzene rings is 4. The van der Waals surface area contributed by atoms with Crippen molar-refractivity contribution >= 4 is 33.5 Å². The molecule has 0 aliphatic carbocycles. The zero-order valence-electron chi connectivity index (χ0n) is 15.7. The molecular weight excluding hydrogens is 374 g/mol. The van der Waals surface area contributed by atoms with Gasteiger partial charge in [0.05, 0.1) is 11.9 Å². The molecule has 0 aliphatic heterocycles. The Morgan fingerprint density at radius 2 is 0.821 bits per heavy atom. The van der Waals surface area contributed by atoms with Gasteiger partial charge in [0.15, 0.2) is 0 Å². The van der Waals surface area contributed by atoms with Crippen molar-refractivity contribution in [1.82, 2.24) is 0 Å². The second-order valence-corrected chi connectivity index (χ2v) is 5.63. The number of aromatic carboxylic acids is 2. The topological polar surface area (TPSA) is 80.3 Å². The molecular formula is C22H14Na2O4. The average Bonchev–Trinajstić information content (AvgIpc) is 2.67. The van der Waals surface area contributed by atoms with Crippen LogP contribution < -0.4 is 69.3 Å². The summed E-state index contributed by atoms with van der Waals surface area (Å²) in [5, 5.41) is 24.7. The number of carboxylic acids is 2. The third-order valence-corrected chi connectivity index (χ3v) is 4.02. The van der Waals surface area contributed by atoms with Crippen LogP contribution in [0, 0.1) is 0 Å². The number of hydrogen-bond acceptors (Lipinski definition) is 4. The largest absolute Gasteiger partial charge is 1.00 e. The molecule has 4 aromatic rings. The SMILES string of the molecule is O=C([O-])c1cccc2ccccc12.O=C([O-])c1cccc2ccccc12.[Na+].[Na+]. The first-order chi connectivity index (χ1) is 12.6. The third kappa shape index (κ3) is 5.67. The summed E-state index contributed by atoms with van der Waals surface area (Å²) in [4.78, 5) is 21.4. The molecule has 0 fully saturated rings. The minimum absolute atomic E-state index is 0. The van der Waals surface area contributed by atoms with Crippen molar-refractivity contribution < 1.29 is 78.9 Å². The van der Waals surface area contributed by atoms with Gasteiger partial charge in [0.1, 0.15) is 0 Å². The van der Waals surface area contributed by atoms with Gasteiger partial charge in [0.25, 0.3) is 0 Å². The predicted molar refractivity (Wildman–Crippen MR) is 96.6 cm³/mol. The number of hydrogen-bond donors (Lipinski definition) is 0. The summed E-state index contributed by atoms with van der Waals surface area (Å²) in [5.74, 6) is -2.26. The van der Waals surface area contributed by atoms with Crippen molar-refractivity contribution in [1.29, 1.82) is 0 Å². The van der Waals surface area contributed by atoms with Crippen LogP contribution in [0.5, 0.6) is 0 Å². The number of carbonyl (C=O) groups is 2. The molecule has 6 heteroatoms. The van der Waals surface area contributed by atoms with Crippen LogP contribution in [0.25, 0.3) is 21.5 Å². The van der Waals surface area contributed by atoms with E-state index in [0.717, 1.165) is 21.5 Å². The van der Waals surface area contributed by atoms with E-state index in [-0.39, 0.29) is 70.2 Å². The number of carboxylic acid groups (broad SMARTS) is 2. The Morgan fingerprint density at radius 1 is 0.500 bits per heavy atom. The quantitative estimate of drug-likeness (QED) is 0.333. The van der Waals surface area contributed by atoms with Crippen LogP contribution in [0.3, 0.4) is 0 Å². The Labute approximate surface area is 206 Å². The van der Waals surface area contributed by atoms with Gasteiger partial charge in [-0.2, -0.15) is 0 Å². The van der Waals surface area contributed by atoms with E-state index in [1.54, 1.807) is 36.4 Å². The summed E-state index contributed by atoms with van der Waals surface area (Å²) in [6, 6.07) is 25.0. The van der Waals surface area contributed by atoms with E-state index < -0.39 is 11.9 Å². The second kappa shape index (κ2) is 11.4. The van der Waals surface area contributed by atoms with Gasteiger partial charge in [0, 0.05) is 11.1 Å². The smallest absolute Gasteiger partial charge is 0.545 e. The van der Waals surface area contributed by atoms with Gasteiger partial charge in [-0.15, -0.1) is 0 Å². The zero-order valence-corrected chi connectivity index (χ0v) is 19.7. The minimum Gasteiger partial charge on any atom is -0.545 e. The minimum atomic E-state index is -1.13. The standard InChI is InChI=1S/2C11H8O2.2Na/c2*12-11(13)10-7-3-5-8-4-1-2-6-9(8)10;;/h2*1-7H,(H,12,13);;/q;;2*+1/p-2. The molecule has 0 aliphatic rings. The van der Waals surface area contributed by atoms with Gasteiger partial charge >= 0.3 is 59.1 Å². The molecule has 0 unspecified atom stereocenters. The molecule has 0 N–H and O–H groups in total. The molecule has 0 spiro atoms. The molecule has 4 rings (SSSR count). The zero-order chi connectivity index (χ0) is 18.5. The van der Waals surface area contributed by atoms with Crippen molar-refractivity contribution in [3.8, 4) is 0 Å². The Kier molecular flexibility index (Phi) is 9.90. The van der Waals surface area contributed by atoms with Crippen molar-refractivity contribution in [2.45, 2.75) is 0 Å². The first-order valence-electron chi connectivity index (χ1n) is 7.96. The Balaban J connectivity index is 0.000000261. The molecule has 4 aromatic carbocycles. The van der Waals surface area contributed by atoms with Crippen LogP contribution in [0.1, 0.15) is 20.7 Å². The first-order valence-corrected chi connectivity index (χ1v) is 7.96. The van der Waals surface area contributed by atoms with Crippen LogP contribution in [0.2, 0.25) is 0 Å². The van der Waals surface area contributed by atoms with Gasteiger partial charge in [0.2, 0.25) is 0 Å². The van der Waals surface area contributed by atoms with Crippen LogP contribution in [0.15, 0.2) is 84.9 Å². The monoisotopic (exact) mass is 388 g/mol. The molecule has 0 saturated heterocycles. The maximum Gasteiger partial charge on any atom is 1.00 e. The van der Waals surface area contributed by atoms with E-state index in [4.69, 9.17) is 0 Å². The predicted octanol–water partition coefficient (Wildman–Crippen LogP) is -3.59. The second-order valence-electron chi connectivity index (χ2n) is 5.63. The van der Waals surface area contributed by atoms with Crippen LogP contribution in [0.4, 0.5) is 0 Å². The molecule has 0 radical (unpaired) electrons. The van der Waals surface area contributed by atoms with Gasteiger partial charge in [-0.3, -0.25) is 0 Å². The Hall–Kier alpha value is -1.66. The van der Waals surface area contributed by atoms with E-state index >= 15 is 0 Å². The van der Waals surface area contributed by atoms with Gasteiger partial charge < -0.3 is 19.8 Å². The van der Waals surface area contributed by atoms with Crippen molar-refractivity contribution in [2.24, 2.45) is 0 Å². The molecule has 0 aromatic heterocycles. The van der Waals surface area contributed by atoms with E-state index in [9.17, 15) is 19.8 Å². The number of rotatable bonds is 2. The average molecular weight is 388 g/mol. The Bertz CT molecular complexity index is 1010. The van der Waals surface area contributed by atoms with E-state index in [2.05, 4.69) is 0 Å². The van der Waals surface area contributed by atoms with Crippen molar-refractivity contribution in [3.63, 3.8) is 0 Å². The summed E-state index contributed by atoms with van der Waals surface area (Å²) in [7, 11) is 0. The maximum atomic E-state index is 10.7. The maximum absolute atomic E-state index is 10.7. The van der Waals surface area contributed by atoms with Crippen LogP contribution in [-0.4, -0.2) is 11.9 Å². The van der Waals surface area contributed by atoms with E-state index in [1.165, 1.54) is 0 Å². The van der Waals surface area contributed by atoms with Gasteiger partial charge in [-0.05, 0) is 21.5 Å². The Morgan fingerprint density at radius 3 is 1.18 bits per heavy atom. The molecule has 0 heterocycles. The molecule has 0 bridgehead atoms. The fraction of sp³-hybridized carbons (Fsp3) is 0. The summed E-state index contributed by atoms with van der Waals surface area (Å²) in [6.45, 7) is 0. The number of carbonyl (C=O) groups excluding carboxylic acids is 2. The van der Waals surface area contributed by atoms with E-state index in [1.807, 2.05) is 48.5 Å². The van der Waals surface area contributed by atoms with Gasteiger partial charge in [-0.25, -0.2) is 0 Å². The normalized spacial score (nSPS) is 9.43. The molecule has 0 saturated carbocycles. The summed E-state index contributed by atoms with van der Waals surface area (Å²) >= 11 is 0. The van der Waals surface area contributed by atoms with Crippen molar-refractivity contribution in [2.75, 3.05) is 0 Å². The fourth-order valence-electron chi connectivity index (χ4n) is 2.81. The van der Waals surface area contributed by atoms with Gasteiger partial charge in [-0.1, -0.05) is 84.9 Å². The molecule has 4 nitrogen and oxygen atoms in total. The first kappa shape index (κ1) is 24.4. The van der Waals surface area contributed by atoms with E-state index in [0.29, 0.717) is 0 Å². The molecule has 128 valence electrons. The molecule has 0 amide bonds. The third-order valence-electron chi connectivity index (χ3n) is 4.02. The summed E-state index contributed by atoms with van der Waals surface area (Å²) in [6.07, 6.45) is 0. The summed E-state index contributed by atoms with van der Waals surface area (Å²) < 4.78 is 0. The van der Waals surface area contributed by atoms with Crippen LogP contribution in [-0.2, 0) is 0 Å². The van der Waals surface area contributed by atoms with Crippen LogP contribution >= 0.6 is 0 Å². The molecule has 0 atom stereocenters. The molecule has 28 heavy (non-hydrogen) atoms. The fourth-order valence-corrected chi connectivity index (χ4v) is 2.81. The van der Waals surface area contributed by atoms with Crippen molar-refractivity contribution in [3.05, 3.63) is 96.1 Å². The number of fused-ring (bicyclic) bond motifs is 2.